The van der Waals surface area contributed by atoms with E-state index in [0.717, 1.165) is 54.0 Å². The Labute approximate surface area is 259 Å². The number of aryl methyl sites for hydroxylation is 2. The van der Waals surface area contributed by atoms with E-state index in [1.807, 2.05) is 49.2 Å². The van der Waals surface area contributed by atoms with Gasteiger partial charge in [-0.25, -0.2) is 4.68 Å². The van der Waals surface area contributed by atoms with Gasteiger partial charge in [-0.2, -0.15) is 5.10 Å². The maximum Gasteiger partial charge on any atom is 0.265 e. The molecule has 1 amide bonds. The van der Waals surface area contributed by atoms with Crippen molar-refractivity contribution in [1.82, 2.24) is 24.6 Å². The van der Waals surface area contributed by atoms with Crippen molar-refractivity contribution in [2.75, 3.05) is 26.2 Å². The Bertz CT molecular complexity index is 1690. The summed E-state index contributed by atoms with van der Waals surface area (Å²) >= 11 is 9.77. The number of piperazine rings is 1. The third-order valence-corrected chi connectivity index (χ3v) is 8.34. The number of hydrogen-bond acceptors (Lipinski definition) is 4. The summed E-state index contributed by atoms with van der Waals surface area (Å²) in [4.78, 5) is 30.8. The molecule has 0 radical (unpaired) electrons. The summed E-state index contributed by atoms with van der Waals surface area (Å²) in [6.45, 7) is 10.8. The Morgan fingerprint density at radius 1 is 1.05 bits per heavy atom. The van der Waals surface area contributed by atoms with Gasteiger partial charge in [-0.05, 0) is 90.2 Å². The van der Waals surface area contributed by atoms with Crippen LogP contribution in [0.4, 0.5) is 0 Å². The number of carbonyl (C=O) groups is 1. The summed E-state index contributed by atoms with van der Waals surface area (Å²) in [5.41, 5.74) is 6.39. The van der Waals surface area contributed by atoms with Crippen molar-refractivity contribution in [2.24, 2.45) is 0 Å². The zero-order valence-corrected chi connectivity index (χ0v) is 26.7. The number of amides is 1. The molecule has 3 heterocycles. The monoisotopic (exact) mass is 647 g/mol. The molecule has 42 heavy (non-hydrogen) atoms. The summed E-state index contributed by atoms with van der Waals surface area (Å²) in [5, 5.41) is 8.78. The summed E-state index contributed by atoms with van der Waals surface area (Å²) < 4.78 is 4.11. The minimum Gasteiger partial charge on any atom is -0.336 e. The fraction of sp³-hybridized carbons (Fsp3) is 0.303. The van der Waals surface area contributed by atoms with Crippen molar-refractivity contribution < 1.29 is 4.79 Å². The second kappa shape index (κ2) is 12.8. The minimum atomic E-state index is -0.225. The molecule has 1 N–H and O–H groups in total. The molecular formula is C33H35BrClN5O2. The maximum absolute atomic E-state index is 14.7. The predicted molar refractivity (Wildman–Crippen MR) is 174 cm³/mol. The van der Waals surface area contributed by atoms with Crippen LogP contribution in [-0.4, -0.2) is 51.3 Å². The molecular weight excluding hydrogens is 614 g/mol. The van der Waals surface area contributed by atoms with E-state index in [-0.39, 0.29) is 11.5 Å². The summed E-state index contributed by atoms with van der Waals surface area (Å²) in [6.07, 6.45) is 5.25. The lowest BCUT2D eigenvalue weighted by molar-refractivity contribution is 0.0735. The molecule has 1 aliphatic rings. The highest BCUT2D eigenvalue weighted by Crippen LogP contribution is 2.31. The van der Waals surface area contributed by atoms with E-state index >= 15 is 0 Å². The zero-order valence-electron chi connectivity index (χ0n) is 24.4. The van der Waals surface area contributed by atoms with E-state index < -0.39 is 0 Å². The van der Waals surface area contributed by atoms with Crippen molar-refractivity contribution in [3.8, 4) is 22.6 Å². The number of pyridine rings is 1. The van der Waals surface area contributed by atoms with E-state index in [0.29, 0.717) is 45.1 Å². The number of halogens is 2. The molecule has 1 aliphatic heterocycles. The van der Waals surface area contributed by atoms with Crippen LogP contribution in [0.25, 0.3) is 28.7 Å². The molecule has 0 spiro atoms. The Hall–Kier alpha value is -3.46. The normalized spacial score (nSPS) is 13.3. The predicted octanol–water partition coefficient (Wildman–Crippen LogP) is 6.70. The van der Waals surface area contributed by atoms with Crippen LogP contribution in [0.2, 0.25) is 5.02 Å². The summed E-state index contributed by atoms with van der Waals surface area (Å²) in [6, 6.07) is 15.2. The van der Waals surface area contributed by atoms with Crippen molar-refractivity contribution in [2.45, 2.75) is 40.5 Å². The largest absolute Gasteiger partial charge is 0.336 e. The third-order valence-electron chi connectivity index (χ3n) is 7.50. The number of allylic oxidation sites excluding steroid dienone is 1. The van der Waals surface area contributed by atoms with Gasteiger partial charge in [-0.15, -0.1) is 0 Å². The van der Waals surface area contributed by atoms with Gasteiger partial charge >= 0.3 is 0 Å². The van der Waals surface area contributed by atoms with Gasteiger partial charge < -0.3 is 10.2 Å². The van der Waals surface area contributed by atoms with E-state index in [2.05, 4.69) is 47.2 Å². The standard InChI is InChI=1S/C33H35BrClN5O2/c1-5-22-8-7-9-23(6-2)31(22)40-29(18-21(3)4)26(32(41)38-16-14-36-15-17-38)19-27(33(40)42)30-28(34)20-39(37-30)25-12-10-24(35)11-13-25/h7-13,18-20,36H,5-6,14-17H2,1-4H3. The molecule has 0 unspecified atom stereocenters. The van der Waals surface area contributed by atoms with Crippen LogP contribution in [0.1, 0.15) is 54.9 Å². The van der Waals surface area contributed by atoms with E-state index in [1.54, 1.807) is 27.4 Å². The van der Waals surface area contributed by atoms with Crippen LogP contribution in [0.5, 0.6) is 0 Å². The Morgan fingerprint density at radius 3 is 2.29 bits per heavy atom. The lowest BCUT2D eigenvalue weighted by Crippen LogP contribution is -2.47. The van der Waals surface area contributed by atoms with Crippen LogP contribution < -0.4 is 10.9 Å². The van der Waals surface area contributed by atoms with Crippen LogP contribution in [0.3, 0.4) is 0 Å². The molecule has 4 aromatic rings. The number of nitrogens with one attached hydrogen (secondary N) is 1. The summed E-state index contributed by atoms with van der Waals surface area (Å²) in [5.74, 6) is -0.0979. The SMILES string of the molecule is CCc1cccc(CC)c1-n1c(C=C(C)C)c(C(=O)N2CCNCC2)cc(-c2nn(-c3ccc(Cl)cc3)cc2Br)c1=O. The molecule has 9 heteroatoms. The highest BCUT2D eigenvalue weighted by atomic mass is 79.9. The first-order valence-corrected chi connectivity index (χ1v) is 15.5. The van der Waals surface area contributed by atoms with Crippen molar-refractivity contribution in [3.05, 3.63) is 103 Å². The second-order valence-corrected chi connectivity index (χ2v) is 11.9. The van der Waals surface area contributed by atoms with Gasteiger partial charge in [0.2, 0.25) is 0 Å². The molecule has 1 fully saturated rings. The Morgan fingerprint density at radius 2 is 1.69 bits per heavy atom. The molecule has 1 saturated heterocycles. The number of hydrogen-bond donors (Lipinski definition) is 1. The zero-order chi connectivity index (χ0) is 30.0. The number of nitrogens with zero attached hydrogens (tertiary/aromatic N) is 4. The molecule has 2 aromatic heterocycles. The number of para-hydroxylation sites is 1. The molecule has 2 aromatic carbocycles. The smallest absolute Gasteiger partial charge is 0.265 e. The van der Waals surface area contributed by atoms with Crippen molar-refractivity contribution in [1.29, 1.82) is 0 Å². The Kier molecular flexibility index (Phi) is 9.16. The topological polar surface area (TPSA) is 72.2 Å². The van der Waals surface area contributed by atoms with Crippen LogP contribution >= 0.6 is 27.5 Å². The number of rotatable bonds is 7. The first kappa shape index (κ1) is 30.0. The molecule has 0 saturated carbocycles. The fourth-order valence-corrected chi connectivity index (χ4v) is 6.02. The third kappa shape index (κ3) is 5.89. The molecule has 5 rings (SSSR count). The highest BCUT2D eigenvalue weighted by molar-refractivity contribution is 9.10. The van der Waals surface area contributed by atoms with Crippen LogP contribution in [0, 0.1) is 0 Å². The van der Waals surface area contributed by atoms with E-state index in [4.69, 9.17) is 16.7 Å². The van der Waals surface area contributed by atoms with Gasteiger partial charge in [0.25, 0.3) is 11.5 Å². The van der Waals surface area contributed by atoms with E-state index in [9.17, 15) is 9.59 Å². The summed E-state index contributed by atoms with van der Waals surface area (Å²) in [7, 11) is 0. The Balaban J connectivity index is 1.85. The highest BCUT2D eigenvalue weighted by Gasteiger charge is 2.28. The van der Waals surface area contributed by atoms with Crippen LogP contribution in [-0.2, 0) is 12.8 Å². The lowest BCUT2D eigenvalue weighted by atomic mass is 9.99. The average molecular weight is 649 g/mol. The van der Waals surface area contributed by atoms with Crippen molar-refractivity contribution >= 4 is 39.5 Å². The molecule has 218 valence electrons. The molecule has 7 nitrogen and oxygen atoms in total. The molecule has 0 bridgehead atoms. The maximum atomic E-state index is 14.7. The number of aromatic nitrogens is 3. The van der Waals surface area contributed by atoms with Gasteiger partial charge in [0, 0.05) is 37.4 Å². The molecule has 0 aliphatic carbocycles. The van der Waals surface area contributed by atoms with Crippen LogP contribution in [0.15, 0.2) is 69.6 Å². The van der Waals surface area contributed by atoms with Gasteiger partial charge in [-0.3, -0.25) is 14.2 Å². The van der Waals surface area contributed by atoms with E-state index in [1.165, 1.54) is 0 Å². The van der Waals surface area contributed by atoms with Gasteiger partial charge in [0.15, 0.2) is 0 Å². The fourth-order valence-electron chi connectivity index (χ4n) is 5.41. The first-order chi connectivity index (χ1) is 20.2. The number of benzene rings is 2. The quantitative estimate of drug-likeness (QED) is 0.242. The van der Waals surface area contributed by atoms with Gasteiger partial charge in [0.05, 0.1) is 32.7 Å². The average Bonchev–Trinajstić information content (AvgIpc) is 3.38. The minimum absolute atomic E-state index is 0.0979. The van der Waals surface area contributed by atoms with Crippen molar-refractivity contribution in [3.63, 3.8) is 0 Å². The molecule has 0 atom stereocenters. The van der Waals surface area contributed by atoms with Gasteiger partial charge in [0.1, 0.15) is 5.69 Å². The first-order valence-electron chi connectivity index (χ1n) is 14.3. The second-order valence-electron chi connectivity index (χ2n) is 10.6. The van der Waals surface area contributed by atoms with Gasteiger partial charge in [-0.1, -0.05) is 49.2 Å². The number of carbonyl (C=O) groups excluding carboxylic acids is 1. The lowest BCUT2D eigenvalue weighted by Gasteiger charge is -2.29.